The largest absolute Gasteiger partial charge is 0.460 e. The molecule has 3 aliphatic rings. The molecule has 0 unspecified atom stereocenters. The number of allylic oxidation sites excluding steroid dienone is 1. The van der Waals surface area contributed by atoms with Crippen LogP contribution in [0.3, 0.4) is 0 Å². The Balaban J connectivity index is 1.62. The Morgan fingerprint density at radius 3 is 2.56 bits per heavy atom. The Morgan fingerprint density at radius 1 is 1.18 bits per heavy atom. The van der Waals surface area contributed by atoms with Crippen LogP contribution in [-0.2, 0) is 28.7 Å². The maximum Gasteiger partial charge on any atom is 0.312 e. The molecular weight excluding hydrogens is 574 g/mol. The van der Waals surface area contributed by atoms with Gasteiger partial charge in [-0.05, 0) is 64.0 Å². The van der Waals surface area contributed by atoms with Crippen LogP contribution in [0.25, 0.3) is 0 Å². The highest BCUT2D eigenvalue weighted by Gasteiger charge is 2.75. The molecule has 45 heavy (non-hydrogen) atoms. The van der Waals surface area contributed by atoms with Crippen LogP contribution in [0.2, 0.25) is 0 Å². The van der Waals surface area contributed by atoms with Gasteiger partial charge in [-0.2, -0.15) is 0 Å². The monoisotopic (exact) mass is 623 g/mol. The fourth-order valence-electron chi connectivity index (χ4n) is 7.39. The zero-order valence-electron chi connectivity index (χ0n) is 27.0. The second-order valence-electron chi connectivity index (χ2n) is 12.6. The molecule has 1 aromatic carbocycles. The number of carbonyl (C=O) groups is 4. The molecular formula is C35H49N3O7. The van der Waals surface area contributed by atoms with Gasteiger partial charge in [0.15, 0.2) is 0 Å². The number of amides is 3. The van der Waals surface area contributed by atoms with E-state index in [9.17, 15) is 24.3 Å². The fraction of sp³-hybridized carbons (Fsp3) is 0.600. The lowest BCUT2D eigenvalue weighted by Crippen LogP contribution is -2.56. The molecule has 0 radical (unpaired) electrons. The Morgan fingerprint density at radius 2 is 1.89 bits per heavy atom. The summed E-state index contributed by atoms with van der Waals surface area (Å²) < 4.78 is 12.4. The molecule has 2 bridgehead atoms. The van der Waals surface area contributed by atoms with Gasteiger partial charge in [0.25, 0.3) is 5.91 Å². The smallest absolute Gasteiger partial charge is 0.312 e. The van der Waals surface area contributed by atoms with Crippen molar-refractivity contribution in [3.63, 3.8) is 0 Å². The summed E-state index contributed by atoms with van der Waals surface area (Å²) in [6.45, 7) is 14.0. The first-order valence-corrected chi connectivity index (χ1v) is 16.3. The van der Waals surface area contributed by atoms with Crippen LogP contribution >= 0.6 is 0 Å². The summed E-state index contributed by atoms with van der Waals surface area (Å²) in [7, 11) is 0. The molecule has 10 heteroatoms. The number of ether oxygens (including phenoxy) is 2. The van der Waals surface area contributed by atoms with E-state index in [0.717, 1.165) is 29.7 Å². The molecule has 2 N–H and O–H groups in total. The molecule has 10 nitrogen and oxygen atoms in total. The van der Waals surface area contributed by atoms with Gasteiger partial charge in [-0.15, -0.1) is 13.2 Å². The summed E-state index contributed by atoms with van der Waals surface area (Å²) in [4.78, 5) is 58.1. The SMILES string of the molecule is C=CCCC(=O)NC[C@H](C)OC(=O)[C@@H]1[C@@H]2CC[C@]3(O2)[C@H](C(=O)N(CC=C)c2c(C)cccc2C)N(CCCCCCO)C(=O)[C@@H]13. The van der Waals surface area contributed by atoms with E-state index in [1.807, 2.05) is 32.0 Å². The normalized spacial score (nSPS) is 25.5. The van der Waals surface area contributed by atoms with Crippen molar-refractivity contribution in [1.29, 1.82) is 0 Å². The van der Waals surface area contributed by atoms with Crippen molar-refractivity contribution < 1.29 is 33.8 Å². The van der Waals surface area contributed by atoms with Gasteiger partial charge in [-0.1, -0.05) is 43.2 Å². The van der Waals surface area contributed by atoms with E-state index in [1.54, 1.807) is 28.9 Å². The summed E-state index contributed by atoms with van der Waals surface area (Å²) in [5, 5.41) is 12.0. The number of nitrogens with one attached hydrogen (secondary N) is 1. The van der Waals surface area contributed by atoms with Gasteiger partial charge >= 0.3 is 5.97 Å². The summed E-state index contributed by atoms with van der Waals surface area (Å²) >= 11 is 0. The Labute approximate surface area is 266 Å². The quantitative estimate of drug-likeness (QED) is 0.154. The van der Waals surface area contributed by atoms with E-state index in [4.69, 9.17) is 9.47 Å². The first-order valence-electron chi connectivity index (χ1n) is 16.3. The van der Waals surface area contributed by atoms with E-state index in [1.165, 1.54) is 0 Å². The molecule has 0 saturated carbocycles. The number of aryl methyl sites for hydroxylation is 2. The van der Waals surface area contributed by atoms with Crippen molar-refractivity contribution in [3.8, 4) is 0 Å². The number of aliphatic hydroxyl groups excluding tert-OH is 1. The lowest BCUT2D eigenvalue weighted by Gasteiger charge is -2.37. The molecule has 0 aromatic heterocycles. The molecule has 0 aliphatic carbocycles. The Kier molecular flexibility index (Phi) is 11.6. The second kappa shape index (κ2) is 15.2. The molecule has 3 aliphatic heterocycles. The first kappa shape index (κ1) is 34.4. The van der Waals surface area contributed by atoms with Gasteiger partial charge in [-0.25, -0.2) is 0 Å². The van der Waals surface area contributed by atoms with Crippen LogP contribution < -0.4 is 10.2 Å². The number of esters is 1. The number of unbranched alkanes of at least 4 members (excludes halogenated alkanes) is 3. The van der Waals surface area contributed by atoms with Gasteiger partial charge in [-0.3, -0.25) is 19.2 Å². The van der Waals surface area contributed by atoms with E-state index < -0.39 is 41.7 Å². The molecule has 246 valence electrons. The van der Waals surface area contributed by atoms with Crippen LogP contribution in [-0.4, -0.2) is 83.8 Å². The zero-order chi connectivity index (χ0) is 32.7. The number of carbonyl (C=O) groups excluding carboxylic acids is 4. The number of fused-ring (bicyclic) bond motifs is 1. The van der Waals surface area contributed by atoms with Crippen molar-refractivity contribution in [2.24, 2.45) is 11.8 Å². The number of anilines is 1. The van der Waals surface area contributed by atoms with Crippen LogP contribution in [0.5, 0.6) is 0 Å². The van der Waals surface area contributed by atoms with E-state index >= 15 is 0 Å². The molecule has 3 amide bonds. The van der Waals surface area contributed by atoms with Gasteiger partial charge in [0.05, 0.1) is 24.5 Å². The molecule has 3 fully saturated rings. The third-order valence-corrected chi connectivity index (χ3v) is 9.38. The van der Waals surface area contributed by atoms with Gasteiger partial charge in [0.2, 0.25) is 11.8 Å². The number of benzene rings is 1. The number of hydrogen-bond acceptors (Lipinski definition) is 7. The van der Waals surface area contributed by atoms with Gasteiger partial charge < -0.3 is 29.7 Å². The van der Waals surface area contributed by atoms with Crippen molar-refractivity contribution in [2.45, 2.75) is 96.0 Å². The van der Waals surface area contributed by atoms with E-state index in [0.29, 0.717) is 45.1 Å². The average Bonchev–Trinajstić information content (AvgIpc) is 3.65. The highest BCUT2D eigenvalue weighted by Crippen LogP contribution is 2.59. The number of hydrogen-bond donors (Lipinski definition) is 2. The topological polar surface area (TPSA) is 125 Å². The summed E-state index contributed by atoms with van der Waals surface area (Å²) in [5.74, 6) is -2.88. The predicted molar refractivity (Wildman–Crippen MR) is 171 cm³/mol. The van der Waals surface area contributed by atoms with Gasteiger partial charge in [0.1, 0.15) is 17.7 Å². The molecule has 1 spiro atoms. The molecule has 1 aromatic rings. The Bertz CT molecular complexity index is 1260. The van der Waals surface area contributed by atoms with Crippen LogP contribution in [0.15, 0.2) is 43.5 Å². The average molecular weight is 624 g/mol. The standard InChI is InChI=1S/C35H49N3O7/c1-6-8-16-27(40)36-22-25(5)44-34(43)28-26-17-18-35(45-26)29(28)32(41)38(20-11-9-10-12-21-39)31(35)33(42)37(19-7-2)30-23(3)14-13-15-24(30)4/h6-7,13-15,25-26,28-29,31,39H,1-2,8-12,16-22H2,3-5H3,(H,36,40)/t25-,26-,28+,29+,31-,35+/m0/s1. The Hall–Kier alpha value is -3.50. The minimum atomic E-state index is -1.15. The second-order valence-corrected chi connectivity index (χ2v) is 12.6. The number of aliphatic hydroxyl groups is 1. The highest BCUT2D eigenvalue weighted by atomic mass is 16.6. The van der Waals surface area contributed by atoms with Crippen molar-refractivity contribution in [1.82, 2.24) is 10.2 Å². The molecule has 4 rings (SSSR count). The molecule has 3 heterocycles. The number of nitrogens with zero attached hydrogens (tertiary/aromatic N) is 2. The number of para-hydroxylation sites is 1. The number of rotatable bonds is 17. The van der Waals surface area contributed by atoms with Crippen LogP contribution in [0.1, 0.15) is 69.4 Å². The van der Waals surface area contributed by atoms with Gasteiger partial charge in [0, 0.05) is 31.8 Å². The summed E-state index contributed by atoms with van der Waals surface area (Å²) in [6, 6.07) is 4.95. The third kappa shape index (κ3) is 7.02. The van der Waals surface area contributed by atoms with Crippen molar-refractivity contribution >= 4 is 29.4 Å². The van der Waals surface area contributed by atoms with Crippen molar-refractivity contribution in [2.75, 3.05) is 31.1 Å². The highest BCUT2D eigenvalue weighted by molar-refractivity contribution is 6.05. The lowest BCUT2D eigenvalue weighted by molar-refractivity contribution is -0.159. The van der Waals surface area contributed by atoms with Crippen LogP contribution in [0, 0.1) is 25.7 Å². The summed E-state index contributed by atoms with van der Waals surface area (Å²) in [5.41, 5.74) is 1.50. The number of likely N-dealkylation sites (tertiary alicyclic amines) is 1. The summed E-state index contributed by atoms with van der Waals surface area (Å²) in [6.07, 6.45) is 7.03. The van der Waals surface area contributed by atoms with E-state index in [-0.39, 0.29) is 37.4 Å². The lowest BCUT2D eigenvalue weighted by atomic mass is 9.70. The zero-order valence-corrected chi connectivity index (χ0v) is 27.0. The van der Waals surface area contributed by atoms with E-state index in [2.05, 4.69) is 18.5 Å². The third-order valence-electron chi connectivity index (χ3n) is 9.38. The minimum absolute atomic E-state index is 0.108. The maximum absolute atomic E-state index is 14.7. The maximum atomic E-state index is 14.7. The minimum Gasteiger partial charge on any atom is -0.460 e. The molecule has 3 saturated heterocycles. The molecule has 6 atom stereocenters. The fourth-order valence-corrected chi connectivity index (χ4v) is 7.39. The van der Waals surface area contributed by atoms with Crippen LogP contribution in [0.4, 0.5) is 5.69 Å². The van der Waals surface area contributed by atoms with Crippen molar-refractivity contribution in [3.05, 3.63) is 54.6 Å². The first-order chi connectivity index (χ1) is 21.6. The predicted octanol–water partition coefficient (Wildman–Crippen LogP) is 3.76.